The molecule has 0 heterocycles. The number of hydrogen-bond donors (Lipinski definition) is 0. The van der Waals surface area contributed by atoms with E-state index in [0.717, 1.165) is 0 Å². The Morgan fingerprint density at radius 2 is 1.95 bits per heavy atom. The summed E-state index contributed by atoms with van der Waals surface area (Å²) in [5.74, 6) is -3.46. The Morgan fingerprint density at radius 1 is 1.33 bits per heavy atom. The molecule has 0 bridgehead atoms. The van der Waals surface area contributed by atoms with Crippen LogP contribution in [-0.4, -0.2) is 6.18 Å². The first kappa shape index (κ1) is 16.3. The number of rotatable bonds is 3. The van der Waals surface area contributed by atoms with Gasteiger partial charge >= 0.3 is 6.18 Å². The zero-order chi connectivity index (χ0) is 16.0. The molecule has 0 N–H and O–H groups in total. The Bertz CT molecular complexity index is 554. The van der Waals surface area contributed by atoms with Gasteiger partial charge in [0.2, 0.25) is 0 Å². The van der Waals surface area contributed by atoms with Gasteiger partial charge in [0.1, 0.15) is 5.82 Å². The molecule has 1 aliphatic carbocycles. The summed E-state index contributed by atoms with van der Waals surface area (Å²) in [6, 6.07) is 4.23. The van der Waals surface area contributed by atoms with Crippen LogP contribution in [0.1, 0.15) is 19.4 Å². The maximum Gasteiger partial charge on any atom is 0.442 e. The van der Waals surface area contributed by atoms with Crippen LogP contribution in [0.25, 0.3) is 0 Å². The molecule has 2 rings (SSSR count). The molecule has 1 aromatic carbocycles. The first-order valence-electron chi connectivity index (χ1n) is 6.42. The molecule has 21 heavy (non-hydrogen) atoms. The number of allylic oxidation sites excluding steroid dienone is 2. The Kier molecular flexibility index (Phi) is 4.08. The van der Waals surface area contributed by atoms with Crippen LogP contribution in [0.2, 0.25) is 5.02 Å². The minimum atomic E-state index is -4.97. The average Bonchev–Trinajstić information content (AvgIpc) is 2.84. The van der Waals surface area contributed by atoms with Crippen molar-refractivity contribution < 1.29 is 22.0 Å². The standard InChI is InChI=1S/C15H14ClF5/c1-14(2)9(10(14)7-13(18)15(19,20)21)6-8-11(16)4-3-5-12(8)17/h3-5,7,9-10H,6H2,1-2H3/b13-7-/t9-,10-/m0/s1. The lowest BCUT2D eigenvalue weighted by Gasteiger charge is -2.06. The maximum atomic E-state index is 13.7. The van der Waals surface area contributed by atoms with Crippen LogP contribution in [0.3, 0.4) is 0 Å². The zero-order valence-electron chi connectivity index (χ0n) is 11.4. The van der Waals surface area contributed by atoms with E-state index in [-0.39, 0.29) is 22.9 Å². The van der Waals surface area contributed by atoms with Crippen LogP contribution in [0.5, 0.6) is 0 Å². The van der Waals surface area contributed by atoms with E-state index in [4.69, 9.17) is 11.6 Å². The number of hydrogen-bond acceptors (Lipinski definition) is 0. The summed E-state index contributed by atoms with van der Waals surface area (Å²) in [5, 5.41) is 0.233. The van der Waals surface area contributed by atoms with Gasteiger partial charge in [0.25, 0.3) is 0 Å². The number of halogens is 6. The molecular formula is C15H14ClF5. The molecule has 1 aliphatic rings. The normalized spacial score (nSPS) is 25.0. The van der Waals surface area contributed by atoms with Crippen LogP contribution in [0.15, 0.2) is 30.1 Å². The predicted molar refractivity (Wildman–Crippen MR) is 71.1 cm³/mol. The van der Waals surface area contributed by atoms with E-state index in [1.165, 1.54) is 18.2 Å². The predicted octanol–water partition coefficient (Wildman–Crippen LogP) is 5.71. The zero-order valence-corrected chi connectivity index (χ0v) is 12.2. The summed E-state index contributed by atoms with van der Waals surface area (Å²) in [7, 11) is 0. The van der Waals surface area contributed by atoms with E-state index >= 15 is 0 Å². The van der Waals surface area contributed by atoms with Gasteiger partial charge in [0.15, 0.2) is 5.83 Å². The monoisotopic (exact) mass is 324 g/mol. The smallest absolute Gasteiger partial charge is 0.207 e. The average molecular weight is 325 g/mol. The minimum absolute atomic E-state index is 0.185. The van der Waals surface area contributed by atoms with Crippen LogP contribution in [-0.2, 0) is 6.42 Å². The van der Waals surface area contributed by atoms with Gasteiger partial charge in [-0.25, -0.2) is 8.78 Å². The third kappa shape index (κ3) is 3.23. The lowest BCUT2D eigenvalue weighted by atomic mass is 10.0. The molecule has 1 fully saturated rings. The van der Waals surface area contributed by atoms with Gasteiger partial charge in [-0.1, -0.05) is 31.5 Å². The van der Waals surface area contributed by atoms with Gasteiger partial charge in [-0.2, -0.15) is 13.2 Å². The molecule has 1 saturated carbocycles. The lowest BCUT2D eigenvalue weighted by Crippen LogP contribution is -2.08. The maximum absolute atomic E-state index is 13.7. The molecule has 0 spiro atoms. The minimum Gasteiger partial charge on any atom is -0.207 e. The number of alkyl halides is 3. The SMILES string of the molecule is CC1(C)[C@@H](/C=C(\F)C(F)(F)F)[C@@H]1Cc1c(F)cccc1Cl. The van der Waals surface area contributed by atoms with Gasteiger partial charge < -0.3 is 0 Å². The van der Waals surface area contributed by atoms with Crippen molar-refractivity contribution in [1.82, 2.24) is 0 Å². The second kappa shape index (κ2) is 5.27. The number of benzene rings is 1. The molecule has 0 aliphatic heterocycles. The molecule has 1 aromatic rings. The molecule has 0 nitrogen and oxygen atoms in total. The van der Waals surface area contributed by atoms with Crippen molar-refractivity contribution >= 4 is 11.6 Å². The first-order chi connectivity index (χ1) is 9.55. The molecule has 6 heteroatoms. The second-order valence-corrected chi connectivity index (χ2v) is 6.28. The van der Waals surface area contributed by atoms with Gasteiger partial charge in [0.05, 0.1) is 0 Å². The van der Waals surface area contributed by atoms with Crippen LogP contribution >= 0.6 is 11.6 Å². The van der Waals surface area contributed by atoms with Crippen molar-refractivity contribution in [2.45, 2.75) is 26.4 Å². The van der Waals surface area contributed by atoms with Gasteiger partial charge in [0, 0.05) is 10.6 Å². The van der Waals surface area contributed by atoms with Crippen LogP contribution in [0, 0.1) is 23.1 Å². The van der Waals surface area contributed by atoms with E-state index in [1.807, 2.05) is 0 Å². The highest BCUT2D eigenvalue weighted by Crippen LogP contribution is 2.61. The van der Waals surface area contributed by atoms with Crippen LogP contribution in [0.4, 0.5) is 22.0 Å². The molecule has 0 saturated heterocycles. The Labute approximate surface area is 124 Å². The van der Waals surface area contributed by atoms with Crippen molar-refractivity contribution in [2.75, 3.05) is 0 Å². The van der Waals surface area contributed by atoms with Crippen molar-refractivity contribution in [2.24, 2.45) is 17.3 Å². The van der Waals surface area contributed by atoms with Crippen molar-refractivity contribution in [3.8, 4) is 0 Å². The fraction of sp³-hybridized carbons (Fsp3) is 0.467. The fourth-order valence-electron chi connectivity index (χ4n) is 2.71. The Hall–Kier alpha value is -1.10. The van der Waals surface area contributed by atoms with Gasteiger partial charge in [-0.3, -0.25) is 0 Å². The third-order valence-corrected chi connectivity index (χ3v) is 4.58. The van der Waals surface area contributed by atoms with Gasteiger partial charge in [-0.05, 0) is 41.9 Å². The molecule has 0 unspecified atom stereocenters. The molecule has 116 valence electrons. The third-order valence-electron chi connectivity index (χ3n) is 4.22. The molecule has 0 radical (unpaired) electrons. The molecule has 2 atom stereocenters. The molecule has 0 amide bonds. The highest BCUT2D eigenvalue weighted by Gasteiger charge is 2.57. The van der Waals surface area contributed by atoms with E-state index < -0.39 is 29.2 Å². The fourth-order valence-corrected chi connectivity index (χ4v) is 2.95. The molecular weight excluding hydrogens is 311 g/mol. The van der Waals surface area contributed by atoms with Crippen LogP contribution < -0.4 is 0 Å². The van der Waals surface area contributed by atoms with Crippen molar-refractivity contribution in [3.63, 3.8) is 0 Å². The lowest BCUT2D eigenvalue weighted by molar-refractivity contribution is -0.109. The highest BCUT2D eigenvalue weighted by atomic mass is 35.5. The summed E-state index contributed by atoms with van der Waals surface area (Å²) >= 11 is 5.91. The quantitative estimate of drug-likeness (QED) is 0.625. The summed E-state index contributed by atoms with van der Waals surface area (Å²) in [6.45, 7) is 3.47. The summed E-state index contributed by atoms with van der Waals surface area (Å²) in [4.78, 5) is 0. The molecule has 0 aromatic heterocycles. The first-order valence-corrected chi connectivity index (χ1v) is 6.80. The highest BCUT2D eigenvalue weighted by molar-refractivity contribution is 6.31. The summed E-state index contributed by atoms with van der Waals surface area (Å²) < 4.78 is 63.5. The van der Waals surface area contributed by atoms with Gasteiger partial charge in [-0.15, -0.1) is 0 Å². The Morgan fingerprint density at radius 3 is 2.48 bits per heavy atom. The summed E-state index contributed by atoms with van der Waals surface area (Å²) in [6.07, 6.45) is -4.19. The van der Waals surface area contributed by atoms with E-state index in [2.05, 4.69) is 0 Å². The topological polar surface area (TPSA) is 0 Å². The Balaban J connectivity index is 2.19. The van der Waals surface area contributed by atoms with Crippen molar-refractivity contribution in [3.05, 3.63) is 46.5 Å². The second-order valence-electron chi connectivity index (χ2n) is 5.87. The summed E-state index contributed by atoms with van der Waals surface area (Å²) in [5.41, 5.74) is -0.255. The van der Waals surface area contributed by atoms with E-state index in [9.17, 15) is 22.0 Å². The largest absolute Gasteiger partial charge is 0.442 e. The van der Waals surface area contributed by atoms with E-state index in [0.29, 0.717) is 6.08 Å². The van der Waals surface area contributed by atoms with Crippen molar-refractivity contribution in [1.29, 1.82) is 0 Å². The van der Waals surface area contributed by atoms with E-state index in [1.54, 1.807) is 13.8 Å².